The third kappa shape index (κ3) is 6.43. The van der Waals surface area contributed by atoms with E-state index in [1.807, 2.05) is 7.05 Å². The van der Waals surface area contributed by atoms with Crippen LogP contribution < -0.4 is 5.32 Å². The molecule has 0 aliphatic heterocycles. The first kappa shape index (κ1) is 15.8. The number of ether oxygens (including phenoxy) is 2. The van der Waals surface area contributed by atoms with Crippen LogP contribution in [-0.4, -0.2) is 65.1 Å². The number of nitrogens with zero attached hydrogens (tertiary/aromatic N) is 1. The number of likely N-dealkylation sites (N-methyl/N-ethyl adjacent to an activating group) is 1. The highest BCUT2D eigenvalue weighted by Gasteiger charge is 2.20. The molecule has 0 saturated heterocycles. The molecule has 0 saturated carbocycles. The molecule has 4 nitrogen and oxygen atoms in total. The van der Waals surface area contributed by atoms with Gasteiger partial charge in [0, 0.05) is 39.9 Å². The summed E-state index contributed by atoms with van der Waals surface area (Å²) >= 11 is 0. The zero-order valence-corrected chi connectivity index (χ0v) is 11.5. The second kappa shape index (κ2) is 10.0. The van der Waals surface area contributed by atoms with Gasteiger partial charge >= 0.3 is 0 Å². The first-order valence-electron chi connectivity index (χ1n) is 6.03. The van der Waals surface area contributed by atoms with Crippen LogP contribution in [-0.2, 0) is 9.47 Å². The Morgan fingerprint density at radius 3 is 1.88 bits per heavy atom. The standard InChI is InChI=1S/C12H28N2O2/c1-11(2)12(10-13-3)14(6-8-15-4)7-9-16-5/h11-13H,6-10H2,1-5H3. The van der Waals surface area contributed by atoms with E-state index in [-0.39, 0.29) is 0 Å². The second-order valence-corrected chi connectivity index (χ2v) is 4.39. The molecule has 1 unspecified atom stereocenters. The van der Waals surface area contributed by atoms with Crippen LogP contribution in [0.25, 0.3) is 0 Å². The Hall–Kier alpha value is -0.160. The van der Waals surface area contributed by atoms with Gasteiger partial charge in [0.05, 0.1) is 13.2 Å². The maximum absolute atomic E-state index is 5.16. The first-order valence-corrected chi connectivity index (χ1v) is 6.03. The van der Waals surface area contributed by atoms with Gasteiger partial charge in [-0.25, -0.2) is 0 Å². The van der Waals surface area contributed by atoms with E-state index in [0.717, 1.165) is 32.8 Å². The number of hydrogen-bond acceptors (Lipinski definition) is 4. The summed E-state index contributed by atoms with van der Waals surface area (Å²) in [5.74, 6) is 0.626. The Bertz CT molecular complexity index is 146. The van der Waals surface area contributed by atoms with E-state index in [2.05, 4.69) is 24.1 Å². The zero-order chi connectivity index (χ0) is 12.4. The monoisotopic (exact) mass is 232 g/mol. The highest BCUT2D eigenvalue weighted by molar-refractivity contribution is 4.76. The van der Waals surface area contributed by atoms with Gasteiger partial charge in [-0.15, -0.1) is 0 Å². The summed E-state index contributed by atoms with van der Waals surface area (Å²) in [5, 5.41) is 3.26. The average Bonchev–Trinajstić information content (AvgIpc) is 2.26. The van der Waals surface area contributed by atoms with Gasteiger partial charge in [0.15, 0.2) is 0 Å². The van der Waals surface area contributed by atoms with Gasteiger partial charge in [-0.2, -0.15) is 0 Å². The maximum atomic E-state index is 5.16. The van der Waals surface area contributed by atoms with E-state index in [1.165, 1.54) is 0 Å². The van der Waals surface area contributed by atoms with Gasteiger partial charge < -0.3 is 14.8 Å². The van der Waals surface area contributed by atoms with Crippen LogP contribution in [0.3, 0.4) is 0 Å². The lowest BCUT2D eigenvalue weighted by molar-refractivity contribution is 0.0720. The van der Waals surface area contributed by atoms with Crippen molar-refractivity contribution in [2.24, 2.45) is 5.92 Å². The minimum Gasteiger partial charge on any atom is -0.383 e. The number of rotatable bonds is 10. The van der Waals surface area contributed by atoms with E-state index in [1.54, 1.807) is 14.2 Å². The van der Waals surface area contributed by atoms with Crippen LogP contribution in [0, 0.1) is 5.92 Å². The van der Waals surface area contributed by atoms with E-state index < -0.39 is 0 Å². The van der Waals surface area contributed by atoms with Crippen molar-refractivity contribution >= 4 is 0 Å². The molecule has 4 heteroatoms. The predicted molar refractivity (Wildman–Crippen MR) is 67.9 cm³/mol. The SMILES string of the molecule is CNCC(C(C)C)N(CCOC)CCOC. The van der Waals surface area contributed by atoms with Crippen molar-refractivity contribution in [1.29, 1.82) is 0 Å². The molecule has 0 aromatic carbocycles. The summed E-state index contributed by atoms with van der Waals surface area (Å²) in [7, 11) is 5.49. The molecule has 1 atom stereocenters. The Labute approximate surface area is 100 Å². The zero-order valence-electron chi connectivity index (χ0n) is 11.5. The summed E-state index contributed by atoms with van der Waals surface area (Å²) in [6.45, 7) is 9.00. The predicted octanol–water partition coefficient (Wildman–Crippen LogP) is 0.825. The van der Waals surface area contributed by atoms with Crippen molar-refractivity contribution in [3.8, 4) is 0 Å². The average molecular weight is 232 g/mol. The van der Waals surface area contributed by atoms with Gasteiger partial charge in [0.1, 0.15) is 0 Å². The molecule has 0 spiro atoms. The molecule has 0 fully saturated rings. The van der Waals surface area contributed by atoms with Gasteiger partial charge in [0.2, 0.25) is 0 Å². The molecule has 0 heterocycles. The summed E-state index contributed by atoms with van der Waals surface area (Å²) in [4.78, 5) is 2.44. The third-order valence-electron chi connectivity index (χ3n) is 2.82. The van der Waals surface area contributed by atoms with Crippen molar-refractivity contribution in [2.75, 3.05) is 54.1 Å². The van der Waals surface area contributed by atoms with Crippen molar-refractivity contribution in [3.05, 3.63) is 0 Å². The molecule has 0 aliphatic carbocycles. The quantitative estimate of drug-likeness (QED) is 0.605. The summed E-state index contributed by atoms with van der Waals surface area (Å²) in [5.41, 5.74) is 0. The fraction of sp³-hybridized carbons (Fsp3) is 1.00. The second-order valence-electron chi connectivity index (χ2n) is 4.39. The Kier molecular flexibility index (Phi) is 9.92. The van der Waals surface area contributed by atoms with Crippen LogP contribution in [0.4, 0.5) is 0 Å². The topological polar surface area (TPSA) is 33.7 Å². The van der Waals surface area contributed by atoms with Crippen LogP contribution in [0.1, 0.15) is 13.8 Å². The largest absolute Gasteiger partial charge is 0.383 e. The third-order valence-corrected chi connectivity index (χ3v) is 2.82. The molecule has 0 radical (unpaired) electrons. The van der Waals surface area contributed by atoms with Gasteiger partial charge in [-0.1, -0.05) is 13.8 Å². The van der Waals surface area contributed by atoms with Crippen molar-refractivity contribution in [1.82, 2.24) is 10.2 Å². The van der Waals surface area contributed by atoms with Crippen molar-refractivity contribution < 1.29 is 9.47 Å². The lowest BCUT2D eigenvalue weighted by Gasteiger charge is -2.34. The molecule has 0 amide bonds. The van der Waals surface area contributed by atoms with Crippen molar-refractivity contribution in [2.45, 2.75) is 19.9 Å². The van der Waals surface area contributed by atoms with Gasteiger partial charge in [-0.3, -0.25) is 4.90 Å². The van der Waals surface area contributed by atoms with Gasteiger partial charge in [0.25, 0.3) is 0 Å². The van der Waals surface area contributed by atoms with Crippen LogP contribution in [0.5, 0.6) is 0 Å². The van der Waals surface area contributed by atoms with Crippen LogP contribution in [0.2, 0.25) is 0 Å². The lowest BCUT2D eigenvalue weighted by Crippen LogP contribution is -2.47. The summed E-state index contributed by atoms with van der Waals surface area (Å²) < 4.78 is 10.3. The van der Waals surface area contributed by atoms with Gasteiger partial charge in [-0.05, 0) is 13.0 Å². The van der Waals surface area contributed by atoms with Crippen LogP contribution in [0.15, 0.2) is 0 Å². The molecule has 0 bridgehead atoms. The highest BCUT2D eigenvalue weighted by atomic mass is 16.5. The van der Waals surface area contributed by atoms with E-state index in [0.29, 0.717) is 12.0 Å². The maximum Gasteiger partial charge on any atom is 0.0589 e. The minimum absolute atomic E-state index is 0.537. The van der Waals surface area contributed by atoms with E-state index >= 15 is 0 Å². The lowest BCUT2D eigenvalue weighted by atomic mass is 10.0. The van der Waals surface area contributed by atoms with E-state index in [4.69, 9.17) is 9.47 Å². The fourth-order valence-electron chi connectivity index (χ4n) is 1.86. The van der Waals surface area contributed by atoms with E-state index in [9.17, 15) is 0 Å². The molecule has 0 rings (SSSR count). The highest BCUT2D eigenvalue weighted by Crippen LogP contribution is 2.09. The molecule has 0 aliphatic rings. The molecule has 98 valence electrons. The number of nitrogens with one attached hydrogen (secondary N) is 1. The molecular weight excluding hydrogens is 204 g/mol. The Morgan fingerprint density at radius 1 is 1.06 bits per heavy atom. The van der Waals surface area contributed by atoms with Crippen LogP contribution >= 0.6 is 0 Å². The summed E-state index contributed by atoms with van der Waals surface area (Å²) in [6, 6.07) is 0.537. The summed E-state index contributed by atoms with van der Waals surface area (Å²) in [6.07, 6.45) is 0. The first-order chi connectivity index (χ1) is 7.67. The van der Waals surface area contributed by atoms with Crippen molar-refractivity contribution in [3.63, 3.8) is 0 Å². The number of methoxy groups -OCH3 is 2. The number of hydrogen-bond donors (Lipinski definition) is 1. The minimum atomic E-state index is 0.537. The Morgan fingerprint density at radius 2 is 1.56 bits per heavy atom. The fourth-order valence-corrected chi connectivity index (χ4v) is 1.86. The molecule has 16 heavy (non-hydrogen) atoms. The Balaban J connectivity index is 4.27. The molecule has 0 aromatic rings. The molecular formula is C12H28N2O2. The molecule has 1 N–H and O–H groups in total. The smallest absolute Gasteiger partial charge is 0.0589 e. The molecule has 0 aromatic heterocycles. The normalized spacial score (nSPS) is 13.7.